The molecule has 0 bridgehead atoms. The molecule has 0 spiro atoms. The van der Waals surface area contributed by atoms with Gasteiger partial charge in [-0.2, -0.15) is 0 Å². The van der Waals surface area contributed by atoms with Crippen molar-refractivity contribution in [1.82, 2.24) is 0 Å². The number of hydrogen-bond donors (Lipinski definition) is 1. The predicted octanol–water partition coefficient (Wildman–Crippen LogP) is 12.8. The summed E-state index contributed by atoms with van der Waals surface area (Å²) in [6.45, 7) is 4.57. The minimum Gasteiger partial charge on any atom is -0.481 e. The lowest BCUT2D eigenvalue weighted by atomic mass is 9.94. The van der Waals surface area contributed by atoms with Gasteiger partial charge in [0.1, 0.15) is 0 Å². The number of carbonyl (C=O) groups is 1. The summed E-state index contributed by atoms with van der Waals surface area (Å²) >= 11 is 0. The molecule has 2 heteroatoms. The van der Waals surface area contributed by atoms with Gasteiger partial charge in [0.2, 0.25) is 0 Å². The number of carboxylic acids is 1. The summed E-state index contributed by atoms with van der Waals surface area (Å²) < 4.78 is 0. The largest absolute Gasteiger partial charge is 0.481 e. The summed E-state index contributed by atoms with van der Waals surface area (Å²) in [7, 11) is 0. The molecular weight excluding hydrogens is 452 g/mol. The molecule has 0 aliphatic carbocycles. The second-order valence-electron chi connectivity index (χ2n) is 12.2. The van der Waals surface area contributed by atoms with E-state index >= 15 is 0 Å². The molecule has 0 aliphatic heterocycles. The molecule has 0 aromatic heterocycles. The van der Waals surface area contributed by atoms with Gasteiger partial charge in [0.15, 0.2) is 0 Å². The number of rotatable bonds is 32. The molecule has 2 nitrogen and oxygen atoms in total. The molecule has 0 heterocycles. The highest BCUT2D eigenvalue weighted by Crippen LogP contribution is 2.20. The van der Waals surface area contributed by atoms with Crippen molar-refractivity contribution in [2.75, 3.05) is 0 Å². The van der Waals surface area contributed by atoms with Crippen molar-refractivity contribution in [1.29, 1.82) is 0 Å². The van der Waals surface area contributed by atoms with Crippen molar-refractivity contribution in [2.24, 2.45) is 5.92 Å². The molecule has 37 heavy (non-hydrogen) atoms. The van der Waals surface area contributed by atoms with Crippen LogP contribution in [-0.2, 0) is 4.79 Å². The first-order valence-electron chi connectivity index (χ1n) is 17.4. The third-order valence-corrected chi connectivity index (χ3v) is 8.41. The van der Waals surface area contributed by atoms with Gasteiger partial charge in [0.25, 0.3) is 0 Å². The molecule has 0 fully saturated rings. The van der Waals surface area contributed by atoms with Crippen LogP contribution in [0.1, 0.15) is 213 Å². The van der Waals surface area contributed by atoms with Crippen molar-refractivity contribution in [2.45, 2.75) is 213 Å². The van der Waals surface area contributed by atoms with Crippen LogP contribution >= 0.6 is 0 Å². The maximum Gasteiger partial charge on any atom is 0.306 e. The molecule has 1 unspecified atom stereocenters. The van der Waals surface area contributed by atoms with E-state index in [0.717, 1.165) is 25.7 Å². The van der Waals surface area contributed by atoms with Crippen LogP contribution in [0.15, 0.2) is 0 Å². The minimum absolute atomic E-state index is 0.0976. The molecule has 1 N–H and O–H groups in total. The lowest BCUT2D eigenvalue weighted by Gasteiger charge is -2.12. The van der Waals surface area contributed by atoms with Crippen LogP contribution in [0.25, 0.3) is 0 Å². The predicted molar refractivity (Wildman–Crippen MR) is 166 cm³/mol. The summed E-state index contributed by atoms with van der Waals surface area (Å²) in [6.07, 6.45) is 41.4. The van der Waals surface area contributed by atoms with E-state index in [1.807, 2.05) is 0 Å². The van der Waals surface area contributed by atoms with Gasteiger partial charge in [0, 0.05) is 0 Å². The van der Waals surface area contributed by atoms with Gasteiger partial charge in [-0.3, -0.25) is 4.79 Å². The van der Waals surface area contributed by atoms with Gasteiger partial charge < -0.3 is 5.11 Å². The molecule has 0 aliphatic rings. The minimum atomic E-state index is -0.556. The molecule has 0 radical (unpaired) electrons. The van der Waals surface area contributed by atoms with Gasteiger partial charge >= 0.3 is 5.97 Å². The molecule has 0 saturated heterocycles. The van der Waals surface area contributed by atoms with E-state index in [2.05, 4.69) is 13.8 Å². The summed E-state index contributed by atoms with van der Waals surface area (Å²) in [4.78, 5) is 11.6. The van der Waals surface area contributed by atoms with E-state index in [0.29, 0.717) is 0 Å². The second kappa shape index (κ2) is 31.7. The third-order valence-electron chi connectivity index (χ3n) is 8.41. The standard InChI is InChI=1S/C35H70O2/c1-3-5-7-9-11-13-15-16-17-18-19-20-21-23-25-27-29-31-33-34(35(36)37)32-30-28-26-24-22-14-12-10-8-6-4-2/h34H,3-33H2,1-2H3,(H,36,37). The maximum absolute atomic E-state index is 11.6. The lowest BCUT2D eigenvalue weighted by Crippen LogP contribution is -2.13. The smallest absolute Gasteiger partial charge is 0.306 e. The summed E-state index contributed by atoms with van der Waals surface area (Å²) in [5.41, 5.74) is 0. The zero-order chi connectivity index (χ0) is 27.1. The Morgan fingerprint density at radius 3 is 0.757 bits per heavy atom. The van der Waals surface area contributed by atoms with Crippen LogP contribution in [-0.4, -0.2) is 11.1 Å². The Kier molecular flexibility index (Phi) is 31.2. The first-order chi connectivity index (χ1) is 18.2. The van der Waals surface area contributed by atoms with Gasteiger partial charge in [-0.25, -0.2) is 0 Å². The van der Waals surface area contributed by atoms with Gasteiger partial charge in [-0.1, -0.05) is 200 Å². The maximum atomic E-state index is 11.6. The van der Waals surface area contributed by atoms with Gasteiger partial charge in [0.05, 0.1) is 5.92 Å². The van der Waals surface area contributed by atoms with Gasteiger partial charge in [-0.15, -0.1) is 0 Å². The number of unbranched alkanes of at least 4 members (excludes halogenated alkanes) is 27. The summed E-state index contributed by atoms with van der Waals surface area (Å²) in [5, 5.41) is 9.58. The summed E-state index contributed by atoms with van der Waals surface area (Å²) in [6, 6.07) is 0. The number of carboxylic acid groups (broad SMARTS) is 1. The van der Waals surface area contributed by atoms with E-state index < -0.39 is 5.97 Å². The Bertz CT molecular complexity index is 433. The zero-order valence-corrected chi connectivity index (χ0v) is 25.9. The Hall–Kier alpha value is -0.530. The summed E-state index contributed by atoms with van der Waals surface area (Å²) in [5.74, 6) is -0.654. The van der Waals surface area contributed by atoms with Crippen molar-refractivity contribution in [3.8, 4) is 0 Å². The van der Waals surface area contributed by atoms with Crippen LogP contribution < -0.4 is 0 Å². The number of hydrogen-bond acceptors (Lipinski definition) is 1. The van der Waals surface area contributed by atoms with Crippen LogP contribution in [0.3, 0.4) is 0 Å². The highest BCUT2D eigenvalue weighted by atomic mass is 16.4. The first-order valence-corrected chi connectivity index (χ1v) is 17.4. The fourth-order valence-electron chi connectivity index (χ4n) is 5.74. The molecule has 1 atom stereocenters. The Labute approximate surface area is 234 Å². The molecule has 0 aromatic carbocycles. The van der Waals surface area contributed by atoms with E-state index in [1.165, 1.54) is 173 Å². The Balaban J connectivity index is 3.36. The van der Waals surface area contributed by atoms with Crippen LogP contribution in [0.4, 0.5) is 0 Å². The van der Waals surface area contributed by atoms with E-state index in [9.17, 15) is 9.90 Å². The van der Waals surface area contributed by atoms with Crippen LogP contribution in [0.2, 0.25) is 0 Å². The Morgan fingerprint density at radius 1 is 0.378 bits per heavy atom. The second-order valence-corrected chi connectivity index (χ2v) is 12.2. The molecule has 0 rings (SSSR count). The zero-order valence-electron chi connectivity index (χ0n) is 25.9. The van der Waals surface area contributed by atoms with Crippen molar-refractivity contribution in [3.05, 3.63) is 0 Å². The number of aliphatic carboxylic acids is 1. The van der Waals surface area contributed by atoms with Crippen LogP contribution in [0.5, 0.6) is 0 Å². The van der Waals surface area contributed by atoms with E-state index in [1.54, 1.807) is 0 Å². The quantitative estimate of drug-likeness (QED) is 0.0892. The average Bonchev–Trinajstić information content (AvgIpc) is 2.89. The molecule has 222 valence electrons. The SMILES string of the molecule is CCCCCCCCCCCCCCCCCCCCC(CCCCCCCCCCCCC)C(=O)O. The Morgan fingerprint density at radius 2 is 0.568 bits per heavy atom. The fourth-order valence-corrected chi connectivity index (χ4v) is 5.74. The normalized spacial score (nSPS) is 12.3. The van der Waals surface area contributed by atoms with Crippen LogP contribution in [0, 0.1) is 5.92 Å². The van der Waals surface area contributed by atoms with Crippen molar-refractivity contribution < 1.29 is 9.90 Å². The highest BCUT2D eigenvalue weighted by molar-refractivity contribution is 5.69. The molecule has 0 saturated carbocycles. The topological polar surface area (TPSA) is 37.3 Å². The third kappa shape index (κ3) is 29.9. The molecule has 0 amide bonds. The fraction of sp³-hybridized carbons (Fsp3) is 0.971. The molecular formula is C35H70O2. The first kappa shape index (κ1) is 36.5. The molecule has 0 aromatic rings. The van der Waals surface area contributed by atoms with Gasteiger partial charge in [-0.05, 0) is 12.8 Å². The van der Waals surface area contributed by atoms with Crippen molar-refractivity contribution in [3.63, 3.8) is 0 Å². The highest BCUT2D eigenvalue weighted by Gasteiger charge is 2.16. The average molecular weight is 523 g/mol. The monoisotopic (exact) mass is 523 g/mol. The van der Waals surface area contributed by atoms with E-state index in [4.69, 9.17) is 0 Å². The van der Waals surface area contributed by atoms with E-state index in [-0.39, 0.29) is 5.92 Å². The van der Waals surface area contributed by atoms with Crippen molar-refractivity contribution >= 4 is 5.97 Å². The lowest BCUT2D eigenvalue weighted by molar-refractivity contribution is -0.142.